The molecule has 0 aromatic heterocycles. The van der Waals surface area contributed by atoms with E-state index in [2.05, 4.69) is 5.73 Å². The summed E-state index contributed by atoms with van der Waals surface area (Å²) < 4.78 is 22.2. The first-order chi connectivity index (χ1) is 16.6. The summed E-state index contributed by atoms with van der Waals surface area (Å²) in [5.74, 6) is -0.205. The summed E-state index contributed by atoms with van der Waals surface area (Å²) in [6.07, 6.45) is -11.9. The van der Waals surface area contributed by atoms with E-state index in [-0.39, 0.29) is 18.8 Å². The predicted octanol–water partition coefficient (Wildman–Crippen LogP) is -2.12. The molecule has 11 atom stereocenters. The normalized spacial score (nSPS) is 45.1. The Balaban J connectivity index is 1.68. The molecule has 1 aliphatic carbocycles. The first-order valence-corrected chi connectivity index (χ1v) is 12.0. The minimum absolute atomic E-state index is 0.0965. The smallest absolute Gasteiger partial charge is 0.186 e. The Bertz CT molecular complexity index is 830. The zero-order valence-electron chi connectivity index (χ0n) is 20.9. The lowest BCUT2D eigenvalue weighted by Crippen LogP contribution is -2.61. The summed E-state index contributed by atoms with van der Waals surface area (Å²) in [4.78, 5) is 11.4. The summed E-state index contributed by atoms with van der Waals surface area (Å²) in [5, 5.41) is 71.7. The number of ketones is 1. The van der Waals surface area contributed by atoms with Gasteiger partial charge in [-0.3, -0.25) is 4.79 Å². The molecule has 12 nitrogen and oxygen atoms in total. The van der Waals surface area contributed by atoms with E-state index in [0.29, 0.717) is 12.0 Å². The highest BCUT2D eigenvalue weighted by Crippen LogP contribution is 2.46. The summed E-state index contributed by atoms with van der Waals surface area (Å²) in [6, 6.07) is 0. The van der Waals surface area contributed by atoms with E-state index >= 15 is 0 Å². The maximum atomic E-state index is 11.4. The molecule has 36 heavy (non-hydrogen) atoms. The van der Waals surface area contributed by atoms with Crippen LogP contribution in [0.25, 0.3) is 0 Å². The molecule has 206 valence electrons. The van der Waals surface area contributed by atoms with Crippen LogP contribution in [-0.4, -0.2) is 122 Å². The largest absolute Gasteiger partial charge is 0.388 e. The summed E-state index contributed by atoms with van der Waals surface area (Å²) in [6.45, 7) is 6.02. The number of ether oxygens (including phenoxy) is 4. The Morgan fingerprint density at radius 3 is 2.25 bits per heavy atom. The number of hydrogen-bond acceptors (Lipinski definition) is 12. The molecule has 2 aliphatic heterocycles. The van der Waals surface area contributed by atoms with Crippen LogP contribution in [0.5, 0.6) is 0 Å². The number of aliphatic hydroxyl groups excluding tert-OH is 6. The molecule has 3 aliphatic rings. The van der Waals surface area contributed by atoms with Crippen molar-refractivity contribution >= 4 is 5.78 Å². The van der Waals surface area contributed by atoms with Crippen LogP contribution in [-0.2, 0) is 23.7 Å². The average molecular weight is 519 g/mol. The minimum Gasteiger partial charge on any atom is -0.388 e. The first-order valence-electron chi connectivity index (χ1n) is 12.0. The highest BCUT2D eigenvalue weighted by atomic mass is 16.7. The third-order valence-electron chi connectivity index (χ3n) is 6.87. The van der Waals surface area contributed by atoms with E-state index in [9.17, 15) is 40.5 Å². The predicted molar refractivity (Wildman–Crippen MR) is 121 cm³/mol. The topological polar surface area (TPSA) is 196 Å². The zero-order chi connectivity index (χ0) is 27.0. The quantitative estimate of drug-likeness (QED) is 0.149. The van der Waals surface area contributed by atoms with Crippen LogP contribution >= 0.6 is 0 Å². The molecular formula is C24H38O12. The third-order valence-corrected chi connectivity index (χ3v) is 6.87. The van der Waals surface area contributed by atoms with Gasteiger partial charge in [-0.05, 0) is 25.7 Å². The van der Waals surface area contributed by atoms with E-state index in [1.54, 1.807) is 6.92 Å². The summed E-state index contributed by atoms with van der Waals surface area (Å²) >= 11 is 0. The molecule has 7 N–H and O–H groups in total. The maximum absolute atomic E-state index is 11.4. The van der Waals surface area contributed by atoms with E-state index in [1.165, 1.54) is 13.0 Å². The van der Waals surface area contributed by atoms with Crippen molar-refractivity contribution in [3.63, 3.8) is 0 Å². The molecule has 0 radical (unpaired) electrons. The van der Waals surface area contributed by atoms with Gasteiger partial charge in [-0.25, -0.2) is 0 Å². The van der Waals surface area contributed by atoms with E-state index in [1.807, 2.05) is 13.8 Å². The van der Waals surface area contributed by atoms with Crippen molar-refractivity contribution in [2.45, 2.75) is 108 Å². The molecule has 12 heteroatoms. The van der Waals surface area contributed by atoms with Crippen molar-refractivity contribution in [1.82, 2.24) is 0 Å². The zero-order valence-corrected chi connectivity index (χ0v) is 20.9. The fraction of sp³-hybridized carbons (Fsp3) is 0.833. The fourth-order valence-corrected chi connectivity index (χ4v) is 5.11. The Hall–Kier alpha value is -1.25. The van der Waals surface area contributed by atoms with Crippen LogP contribution in [0.2, 0.25) is 0 Å². The molecular weight excluding hydrogens is 480 g/mol. The van der Waals surface area contributed by atoms with Crippen molar-refractivity contribution in [2.75, 3.05) is 13.2 Å². The van der Waals surface area contributed by atoms with Crippen LogP contribution in [0.4, 0.5) is 0 Å². The second kappa shape index (κ2) is 11.2. The van der Waals surface area contributed by atoms with Crippen LogP contribution in [0.3, 0.4) is 0 Å². The van der Waals surface area contributed by atoms with Gasteiger partial charge in [0.2, 0.25) is 0 Å². The van der Waals surface area contributed by atoms with Gasteiger partial charge < -0.3 is 54.7 Å². The van der Waals surface area contributed by atoms with Gasteiger partial charge in [0.1, 0.15) is 42.7 Å². The fourth-order valence-electron chi connectivity index (χ4n) is 5.11. The van der Waals surface area contributed by atoms with Gasteiger partial charge >= 0.3 is 0 Å². The van der Waals surface area contributed by atoms with Crippen molar-refractivity contribution in [3.05, 3.63) is 17.4 Å². The molecule has 3 rings (SSSR count). The molecule has 3 fully saturated rings. The standard InChI is InChI=1S/C24H38O12/c1-11(25)5-6-15-23(2,3)7-12(8-24(15,4)32)35-22-20(31)18(29)17(28)14(36-22)10-34-21-19(30)16(27)13(26)9-33-21/h5,12-14,16-22,26-32H,7-10H2,1-4H3. The molecule has 2 heterocycles. The number of aliphatic hydroxyl groups is 7. The van der Waals surface area contributed by atoms with E-state index in [0.717, 1.165) is 0 Å². The lowest BCUT2D eigenvalue weighted by molar-refractivity contribution is -0.331. The molecule has 0 amide bonds. The van der Waals surface area contributed by atoms with Crippen LogP contribution in [0, 0.1) is 5.41 Å². The van der Waals surface area contributed by atoms with Crippen LogP contribution in [0.1, 0.15) is 40.5 Å². The maximum Gasteiger partial charge on any atom is 0.186 e. The van der Waals surface area contributed by atoms with Gasteiger partial charge in [-0.15, -0.1) is 5.73 Å². The van der Waals surface area contributed by atoms with Crippen molar-refractivity contribution in [3.8, 4) is 0 Å². The minimum atomic E-state index is -1.65. The number of hydrogen-bond donors (Lipinski definition) is 7. The molecule has 0 spiro atoms. The Kier molecular flexibility index (Phi) is 9.15. The number of rotatable bonds is 6. The first kappa shape index (κ1) is 29.3. The molecule has 1 saturated carbocycles. The van der Waals surface area contributed by atoms with Gasteiger partial charge in [-0.2, -0.15) is 0 Å². The molecule has 0 bridgehead atoms. The van der Waals surface area contributed by atoms with Gasteiger partial charge in [-0.1, -0.05) is 13.8 Å². The van der Waals surface area contributed by atoms with Gasteiger partial charge in [0.05, 0.1) is 24.9 Å². The molecule has 2 saturated heterocycles. The second-order valence-electron chi connectivity index (χ2n) is 10.7. The monoisotopic (exact) mass is 518 g/mol. The van der Waals surface area contributed by atoms with Crippen LogP contribution in [0.15, 0.2) is 17.4 Å². The van der Waals surface area contributed by atoms with Gasteiger partial charge in [0.25, 0.3) is 0 Å². The Labute approximate surface area is 209 Å². The summed E-state index contributed by atoms with van der Waals surface area (Å²) in [5.41, 5.74) is 1.45. The van der Waals surface area contributed by atoms with E-state index < -0.39 is 79.0 Å². The van der Waals surface area contributed by atoms with Gasteiger partial charge in [0.15, 0.2) is 18.4 Å². The third kappa shape index (κ3) is 6.41. The lowest BCUT2D eigenvalue weighted by Gasteiger charge is -2.47. The Morgan fingerprint density at radius 2 is 1.64 bits per heavy atom. The van der Waals surface area contributed by atoms with Gasteiger partial charge in [0, 0.05) is 18.1 Å². The molecule has 0 aromatic carbocycles. The molecule has 11 unspecified atom stereocenters. The van der Waals surface area contributed by atoms with Crippen LogP contribution < -0.4 is 0 Å². The lowest BCUT2D eigenvalue weighted by atomic mass is 9.65. The van der Waals surface area contributed by atoms with Crippen molar-refractivity contribution in [2.24, 2.45) is 5.41 Å². The highest BCUT2D eigenvalue weighted by molar-refractivity contribution is 5.87. The SMILES string of the molecule is CC(=O)C=C=C1C(C)(C)CC(OC2OC(COC3OCC(O)C(O)C3O)C(O)C(O)C2O)CC1(C)O. The Morgan fingerprint density at radius 1 is 1.00 bits per heavy atom. The number of carbonyl (C=O) groups excluding carboxylic acids is 1. The van der Waals surface area contributed by atoms with Crippen molar-refractivity contribution < 1.29 is 59.5 Å². The molecule has 0 aromatic rings. The average Bonchev–Trinajstić information content (AvgIpc) is 2.76. The second-order valence-corrected chi connectivity index (χ2v) is 10.7. The highest BCUT2D eigenvalue weighted by Gasteiger charge is 2.50. The number of carbonyl (C=O) groups is 1. The van der Waals surface area contributed by atoms with Crippen molar-refractivity contribution in [1.29, 1.82) is 0 Å². The summed E-state index contributed by atoms with van der Waals surface area (Å²) in [7, 11) is 0. The van der Waals surface area contributed by atoms with E-state index in [4.69, 9.17) is 18.9 Å².